The maximum atomic E-state index is 9.50. The number of hydrogen-bond donors (Lipinski definition) is 1. The Morgan fingerprint density at radius 2 is 2.23 bits per heavy atom. The first-order valence-electron chi connectivity index (χ1n) is 3.77. The van der Waals surface area contributed by atoms with Gasteiger partial charge in [-0.1, -0.05) is 23.7 Å². The fraction of sp³-hybridized carbons (Fsp3) is 0.333. The highest BCUT2D eigenvalue weighted by atomic mass is 35.5. The highest BCUT2D eigenvalue weighted by Crippen LogP contribution is 2.32. The maximum absolute atomic E-state index is 9.50. The van der Waals surface area contributed by atoms with Gasteiger partial charge in [0.1, 0.15) is 5.75 Å². The van der Waals surface area contributed by atoms with Gasteiger partial charge in [-0.25, -0.2) is 0 Å². The Labute approximate surface area is 87.0 Å². The van der Waals surface area contributed by atoms with Gasteiger partial charge >= 0.3 is 0 Å². The van der Waals surface area contributed by atoms with Crippen molar-refractivity contribution in [1.29, 1.82) is 0 Å². The highest BCUT2D eigenvalue weighted by Gasteiger charge is 2.13. The molecule has 0 aliphatic rings. The van der Waals surface area contributed by atoms with E-state index in [1.54, 1.807) is 18.2 Å². The van der Waals surface area contributed by atoms with Gasteiger partial charge in [0.2, 0.25) is 0 Å². The smallest absolute Gasteiger partial charge is 0.143 e. The number of para-hydroxylation sites is 1. The molecule has 1 aromatic rings. The van der Waals surface area contributed by atoms with Crippen LogP contribution in [0.1, 0.15) is 11.7 Å². The van der Waals surface area contributed by atoms with Crippen molar-refractivity contribution >= 4 is 23.2 Å². The van der Waals surface area contributed by atoms with E-state index in [2.05, 4.69) is 0 Å². The first-order valence-corrected chi connectivity index (χ1v) is 4.68. The second kappa shape index (κ2) is 4.70. The summed E-state index contributed by atoms with van der Waals surface area (Å²) in [5, 5.41) is 9.97. The molecule has 0 heterocycles. The SMILES string of the molecule is COc1c(Cl)cccc1C(O)CCl. The first kappa shape index (κ1) is 10.6. The van der Waals surface area contributed by atoms with E-state index in [1.165, 1.54) is 7.11 Å². The summed E-state index contributed by atoms with van der Waals surface area (Å²) < 4.78 is 5.05. The minimum Gasteiger partial charge on any atom is -0.495 e. The van der Waals surface area contributed by atoms with E-state index in [0.717, 1.165) is 0 Å². The second-order valence-corrected chi connectivity index (χ2v) is 3.25. The largest absolute Gasteiger partial charge is 0.495 e. The van der Waals surface area contributed by atoms with E-state index in [9.17, 15) is 5.11 Å². The van der Waals surface area contributed by atoms with Gasteiger partial charge in [0.25, 0.3) is 0 Å². The minimum absolute atomic E-state index is 0.122. The number of aliphatic hydroxyl groups excluding tert-OH is 1. The summed E-state index contributed by atoms with van der Waals surface area (Å²) in [6.45, 7) is 0. The molecule has 1 atom stereocenters. The van der Waals surface area contributed by atoms with Crippen molar-refractivity contribution in [3.63, 3.8) is 0 Å². The van der Waals surface area contributed by atoms with Crippen molar-refractivity contribution in [1.82, 2.24) is 0 Å². The van der Waals surface area contributed by atoms with Crippen LogP contribution in [0.5, 0.6) is 5.75 Å². The van der Waals surface area contributed by atoms with E-state index in [4.69, 9.17) is 27.9 Å². The molecule has 4 heteroatoms. The molecule has 1 unspecified atom stereocenters. The molecule has 0 bridgehead atoms. The zero-order valence-electron chi connectivity index (χ0n) is 7.13. The van der Waals surface area contributed by atoms with Crippen molar-refractivity contribution < 1.29 is 9.84 Å². The fourth-order valence-corrected chi connectivity index (χ4v) is 1.51. The third-order valence-electron chi connectivity index (χ3n) is 1.71. The molecule has 1 aromatic carbocycles. The minimum atomic E-state index is -0.740. The van der Waals surface area contributed by atoms with Gasteiger partial charge in [0.15, 0.2) is 0 Å². The molecule has 0 aromatic heterocycles. The zero-order valence-corrected chi connectivity index (χ0v) is 8.64. The number of aliphatic hydroxyl groups is 1. The second-order valence-electron chi connectivity index (χ2n) is 2.53. The molecule has 0 fully saturated rings. The number of benzene rings is 1. The molecule has 0 aliphatic heterocycles. The lowest BCUT2D eigenvalue weighted by Crippen LogP contribution is -2.01. The summed E-state index contributed by atoms with van der Waals surface area (Å²) in [5.41, 5.74) is 0.616. The van der Waals surface area contributed by atoms with Gasteiger partial charge in [-0.3, -0.25) is 0 Å². The molecular formula is C9H10Cl2O2. The fourth-order valence-electron chi connectivity index (χ4n) is 1.09. The Morgan fingerprint density at radius 3 is 2.77 bits per heavy atom. The van der Waals surface area contributed by atoms with Crippen molar-refractivity contribution in [2.24, 2.45) is 0 Å². The summed E-state index contributed by atoms with van der Waals surface area (Å²) in [4.78, 5) is 0. The topological polar surface area (TPSA) is 29.5 Å². The predicted octanol–water partition coefficient (Wildman–Crippen LogP) is 2.62. The lowest BCUT2D eigenvalue weighted by atomic mass is 10.1. The molecule has 72 valence electrons. The predicted molar refractivity (Wildman–Crippen MR) is 53.7 cm³/mol. The summed E-state index contributed by atoms with van der Waals surface area (Å²) in [7, 11) is 1.51. The van der Waals surface area contributed by atoms with Crippen LogP contribution in [-0.2, 0) is 0 Å². The number of halogens is 2. The molecule has 1 N–H and O–H groups in total. The summed E-state index contributed by atoms with van der Waals surface area (Å²) in [5.74, 6) is 0.605. The van der Waals surface area contributed by atoms with Crippen molar-refractivity contribution in [2.45, 2.75) is 6.10 Å². The van der Waals surface area contributed by atoms with Crippen LogP contribution in [0.15, 0.2) is 18.2 Å². The molecule has 0 spiro atoms. The molecule has 0 radical (unpaired) electrons. The maximum Gasteiger partial charge on any atom is 0.143 e. The third kappa shape index (κ3) is 2.27. The molecule has 0 saturated heterocycles. The summed E-state index contributed by atoms with van der Waals surface area (Å²) in [6.07, 6.45) is -0.740. The number of alkyl halides is 1. The number of hydrogen-bond acceptors (Lipinski definition) is 2. The molecule has 2 nitrogen and oxygen atoms in total. The van der Waals surface area contributed by atoms with Crippen LogP contribution in [-0.4, -0.2) is 18.1 Å². The van der Waals surface area contributed by atoms with Crippen LogP contribution >= 0.6 is 23.2 Å². The molecule has 0 amide bonds. The first-order chi connectivity index (χ1) is 6.20. The van der Waals surface area contributed by atoms with Crippen LogP contribution in [0, 0.1) is 0 Å². The standard InChI is InChI=1S/C9H10Cl2O2/c1-13-9-6(8(12)5-10)3-2-4-7(9)11/h2-4,8,12H,5H2,1H3. The molecule has 13 heavy (non-hydrogen) atoms. The van der Waals surface area contributed by atoms with Gasteiger partial charge in [0, 0.05) is 5.56 Å². The normalized spacial score (nSPS) is 12.6. The molecular weight excluding hydrogens is 211 g/mol. The highest BCUT2D eigenvalue weighted by molar-refractivity contribution is 6.32. The molecule has 1 rings (SSSR count). The third-order valence-corrected chi connectivity index (χ3v) is 2.30. The lowest BCUT2D eigenvalue weighted by molar-refractivity contribution is 0.197. The van der Waals surface area contributed by atoms with Crippen LogP contribution in [0.3, 0.4) is 0 Å². The van der Waals surface area contributed by atoms with Gasteiger partial charge in [-0.05, 0) is 6.07 Å². The Morgan fingerprint density at radius 1 is 1.54 bits per heavy atom. The average molecular weight is 221 g/mol. The summed E-state index contributed by atoms with van der Waals surface area (Å²) >= 11 is 11.4. The molecule has 0 aliphatic carbocycles. The van der Waals surface area contributed by atoms with Gasteiger partial charge in [-0.15, -0.1) is 11.6 Å². The van der Waals surface area contributed by atoms with Gasteiger partial charge < -0.3 is 9.84 Å². The van der Waals surface area contributed by atoms with E-state index in [1.807, 2.05) is 0 Å². The Balaban J connectivity index is 3.12. The van der Waals surface area contributed by atoms with Gasteiger partial charge in [-0.2, -0.15) is 0 Å². The van der Waals surface area contributed by atoms with E-state index < -0.39 is 6.10 Å². The van der Waals surface area contributed by atoms with Crippen LogP contribution in [0.2, 0.25) is 5.02 Å². The van der Waals surface area contributed by atoms with E-state index in [0.29, 0.717) is 16.3 Å². The van der Waals surface area contributed by atoms with Crippen LogP contribution in [0.25, 0.3) is 0 Å². The monoisotopic (exact) mass is 220 g/mol. The Bertz CT molecular complexity index is 289. The van der Waals surface area contributed by atoms with Crippen LogP contribution in [0.4, 0.5) is 0 Å². The Hall–Kier alpha value is -0.440. The van der Waals surface area contributed by atoms with Gasteiger partial charge in [0.05, 0.1) is 24.1 Å². The summed E-state index contributed by atoms with van der Waals surface area (Å²) in [6, 6.07) is 5.18. The number of methoxy groups -OCH3 is 1. The number of rotatable bonds is 3. The average Bonchev–Trinajstić information content (AvgIpc) is 2.16. The number of ether oxygens (including phenoxy) is 1. The van der Waals surface area contributed by atoms with Crippen molar-refractivity contribution in [3.05, 3.63) is 28.8 Å². The molecule has 0 saturated carbocycles. The van der Waals surface area contributed by atoms with Crippen molar-refractivity contribution in [2.75, 3.05) is 13.0 Å². The Kier molecular flexibility index (Phi) is 3.85. The van der Waals surface area contributed by atoms with E-state index >= 15 is 0 Å². The van der Waals surface area contributed by atoms with Crippen LogP contribution < -0.4 is 4.74 Å². The van der Waals surface area contributed by atoms with Crippen molar-refractivity contribution in [3.8, 4) is 5.75 Å². The lowest BCUT2D eigenvalue weighted by Gasteiger charge is -2.13. The quantitative estimate of drug-likeness (QED) is 0.795. The van der Waals surface area contributed by atoms with E-state index in [-0.39, 0.29) is 5.88 Å². The zero-order chi connectivity index (χ0) is 9.84.